The van der Waals surface area contributed by atoms with Crippen molar-refractivity contribution in [2.24, 2.45) is 0 Å². The highest BCUT2D eigenvalue weighted by atomic mass is 79.9. The molecule has 1 heterocycles. The summed E-state index contributed by atoms with van der Waals surface area (Å²) < 4.78 is 0.961. The lowest BCUT2D eigenvalue weighted by Gasteiger charge is -2.19. The van der Waals surface area contributed by atoms with Crippen LogP contribution in [0.4, 0.5) is 0 Å². The largest absolute Gasteiger partial charge is 0.511 e. The van der Waals surface area contributed by atoms with Gasteiger partial charge in [-0.2, -0.15) is 0 Å². The van der Waals surface area contributed by atoms with Crippen LogP contribution in [-0.4, -0.2) is 23.1 Å². The molecule has 0 radical (unpaired) electrons. The average molecular weight is 282 g/mol. The monoisotopic (exact) mass is 281 g/mol. The van der Waals surface area contributed by atoms with Gasteiger partial charge in [-0.1, -0.05) is 46.3 Å². The summed E-state index contributed by atoms with van der Waals surface area (Å²) in [5.41, 5.74) is 1.33. The quantitative estimate of drug-likeness (QED) is 0.898. The number of benzene rings is 1. The minimum atomic E-state index is 0.510. The molecule has 1 aromatic rings. The molecular formula is C13H16BrNO. The van der Waals surface area contributed by atoms with E-state index >= 15 is 0 Å². The SMILES string of the molecule is OC1=C(Br)CCN(Cc2ccccc2)CC1. The smallest absolute Gasteiger partial charge is 0.104 e. The third kappa shape index (κ3) is 3.09. The van der Waals surface area contributed by atoms with Gasteiger partial charge >= 0.3 is 0 Å². The average Bonchev–Trinajstić information content (AvgIpc) is 2.46. The first-order chi connectivity index (χ1) is 7.75. The maximum atomic E-state index is 9.65. The van der Waals surface area contributed by atoms with E-state index in [0.29, 0.717) is 5.76 Å². The molecule has 2 rings (SSSR count). The van der Waals surface area contributed by atoms with Crippen molar-refractivity contribution >= 4 is 15.9 Å². The van der Waals surface area contributed by atoms with Crippen LogP contribution in [0.15, 0.2) is 40.6 Å². The molecule has 1 aliphatic rings. The lowest BCUT2D eigenvalue weighted by Crippen LogP contribution is -2.24. The molecule has 16 heavy (non-hydrogen) atoms. The molecule has 1 aromatic carbocycles. The molecule has 0 aliphatic carbocycles. The van der Waals surface area contributed by atoms with E-state index in [9.17, 15) is 5.11 Å². The summed E-state index contributed by atoms with van der Waals surface area (Å²) in [5.74, 6) is 0.510. The molecule has 0 fully saturated rings. The first-order valence-electron chi connectivity index (χ1n) is 5.58. The number of nitrogens with zero attached hydrogens (tertiary/aromatic N) is 1. The summed E-state index contributed by atoms with van der Waals surface area (Å²) in [5, 5.41) is 9.65. The van der Waals surface area contributed by atoms with Gasteiger partial charge in [-0.15, -0.1) is 0 Å². The normalized spacial score (nSPS) is 18.6. The van der Waals surface area contributed by atoms with Crippen LogP contribution in [0.5, 0.6) is 0 Å². The van der Waals surface area contributed by atoms with E-state index in [1.165, 1.54) is 5.56 Å². The van der Waals surface area contributed by atoms with E-state index in [-0.39, 0.29) is 0 Å². The van der Waals surface area contributed by atoms with Crippen LogP contribution in [-0.2, 0) is 6.54 Å². The first kappa shape index (κ1) is 11.7. The maximum absolute atomic E-state index is 9.65. The van der Waals surface area contributed by atoms with Crippen molar-refractivity contribution in [3.05, 3.63) is 46.1 Å². The highest BCUT2D eigenvalue weighted by Gasteiger charge is 2.14. The Bertz CT molecular complexity index is 359. The molecule has 0 amide bonds. The molecule has 0 saturated heterocycles. The van der Waals surface area contributed by atoms with Gasteiger partial charge in [0.2, 0.25) is 0 Å². The Balaban J connectivity index is 1.94. The number of hydrogen-bond acceptors (Lipinski definition) is 2. The number of rotatable bonds is 2. The van der Waals surface area contributed by atoms with Gasteiger partial charge in [0.25, 0.3) is 0 Å². The van der Waals surface area contributed by atoms with Crippen molar-refractivity contribution in [2.45, 2.75) is 19.4 Å². The fourth-order valence-corrected chi connectivity index (χ4v) is 2.29. The van der Waals surface area contributed by atoms with Crippen LogP contribution in [0.25, 0.3) is 0 Å². The van der Waals surface area contributed by atoms with E-state index < -0.39 is 0 Å². The van der Waals surface area contributed by atoms with Gasteiger partial charge in [0.05, 0.1) is 0 Å². The zero-order valence-electron chi connectivity index (χ0n) is 9.19. The number of aliphatic hydroxyl groups is 1. The third-order valence-corrected chi connectivity index (χ3v) is 3.73. The molecule has 0 bridgehead atoms. The zero-order valence-corrected chi connectivity index (χ0v) is 10.8. The van der Waals surface area contributed by atoms with Crippen molar-refractivity contribution in [3.8, 4) is 0 Å². The Morgan fingerprint density at radius 2 is 1.81 bits per heavy atom. The summed E-state index contributed by atoms with van der Waals surface area (Å²) in [6, 6.07) is 10.5. The molecular weight excluding hydrogens is 266 g/mol. The Hall–Kier alpha value is -0.800. The number of halogens is 1. The fraction of sp³-hybridized carbons (Fsp3) is 0.385. The van der Waals surface area contributed by atoms with Crippen LogP contribution in [0, 0.1) is 0 Å². The van der Waals surface area contributed by atoms with Crippen LogP contribution >= 0.6 is 15.9 Å². The molecule has 0 unspecified atom stereocenters. The van der Waals surface area contributed by atoms with Gasteiger partial charge in [-0.05, 0) is 12.0 Å². The molecule has 0 atom stereocenters. The summed E-state index contributed by atoms with van der Waals surface area (Å²) in [4.78, 5) is 2.37. The van der Waals surface area contributed by atoms with E-state index in [0.717, 1.165) is 37.0 Å². The van der Waals surface area contributed by atoms with Crippen LogP contribution in [0.3, 0.4) is 0 Å². The van der Waals surface area contributed by atoms with Crippen LogP contribution in [0.1, 0.15) is 18.4 Å². The lowest BCUT2D eigenvalue weighted by molar-refractivity contribution is 0.268. The highest BCUT2D eigenvalue weighted by molar-refractivity contribution is 9.11. The second-order valence-corrected chi connectivity index (χ2v) is 5.07. The predicted molar refractivity (Wildman–Crippen MR) is 69.5 cm³/mol. The van der Waals surface area contributed by atoms with Crippen LogP contribution < -0.4 is 0 Å². The van der Waals surface area contributed by atoms with E-state index in [4.69, 9.17) is 0 Å². The predicted octanol–water partition coefficient (Wildman–Crippen LogP) is 3.45. The molecule has 0 aromatic heterocycles. The second kappa shape index (κ2) is 5.51. The van der Waals surface area contributed by atoms with Gasteiger partial charge in [0.15, 0.2) is 0 Å². The molecule has 3 heteroatoms. The molecule has 86 valence electrons. The van der Waals surface area contributed by atoms with E-state index in [1.807, 2.05) is 6.07 Å². The Kier molecular flexibility index (Phi) is 4.02. The summed E-state index contributed by atoms with van der Waals surface area (Å²) >= 11 is 3.42. The van der Waals surface area contributed by atoms with Crippen molar-refractivity contribution < 1.29 is 5.11 Å². The van der Waals surface area contributed by atoms with Gasteiger partial charge in [-0.25, -0.2) is 0 Å². The topological polar surface area (TPSA) is 23.5 Å². The lowest BCUT2D eigenvalue weighted by atomic mass is 10.2. The van der Waals surface area contributed by atoms with Gasteiger partial charge in [0, 0.05) is 30.5 Å². The van der Waals surface area contributed by atoms with Gasteiger partial charge < -0.3 is 5.11 Å². The summed E-state index contributed by atoms with van der Waals surface area (Å²) in [6.07, 6.45) is 1.64. The summed E-state index contributed by atoms with van der Waals surface area (Å²) in [6.45, 7) is 2.89. The second-order valence-electron chi connectivity index (χ2n) is 4.11. The van der Waals surface area contributed by atoms with Crippen molar-refractivity contribution in [1.82, 2.24) is 4.90 Å². The van der Waals surface area contributed by atoms with Crippen molar-refractivity contribution in [3.63, 3.8) is 0 Å². The zero-order chi connectivity index (χ0) is 11.4. The standard InChI is InChI=1S/C13H16BrNO/c14-12-6-8-15(9-7-13(12)16)10-11-4-2-1-3-5-11/h1-5,16H,6-10H2. The fourth-order valence-electron chi connectivity index (χ4n) is 1.91. The highest BCUT2D eigenvalue weighted by Crippen LogP contribution is 2.22. The van der Waals surface area contributed by atoms with Crippen molar-refractivity contribution in [1.29, 1.82) is 0 Å². The Morgan fingerprint density at radius 1 is 1.12 bits per heavy atom. The van der Waals surface area contributed by atoms with E-state index in [1.54, 1.807) is 0 Å². The van der Waals surface area contributed by atoms with E-state index in [2.05, 4.69) is 45.1 Å². The number of hydrogen-bond donors (Lipinski definition) is 1. The third-order valence-electron chi connectivity index (χ3n) is 2.87. The molecule has 1 aliphatic heterocycles. The van der Waals surface area contributed by atoms with Gasteiger partial charge in [0.1, 0.15) is 5.76 Å². The minimum absolute atomic E-state index is 0.510. The molecule has 2 nitrogen and oxygen atoms in total. The molecule has 0 spiro atoms. The molecule has 0 saturated carbocycles. The molecule has 1 N–H and O–H groups in total. The van der Waals surface area contributed by atoms with Gasteiger partial charge in [-0.3, -0.25) is 4.90 Å². The number of aliphatic hydroxyl groups excluding tert-OH is 1. The Labute approximate surface area is 105 Å². The summed E-state index contributed by atoms with van der Waals surface area (Å²) in [7, 11) is 0. The van der Waals surface area contributed by atoms with Crippen molar-refractivity contribution in [2.75, 3.05) is 13.1 Å². The Morgan fingerprint density at radius 3 is 2.56 bits per heavy atom. The minimum Gasteiger partial charge on any atom is -0.511 e. The maximum Gasteiger partial charge on any atom is 0.104 e. The van der Waals surface area contributed by atoms with Crippen LogP contribution in [0.2, 0.25) is 0 Å². The first-order valence-corrected chi connectivity index (χ1v) is 6.38.